The van der Waals surface area contributed by atoms with Crippen molar-refractivity contribution in [1.29, 1.82) is 0 Å². The molecule has 0 amide bonds. The van der Waals surface area contributed by atoms with Crippen LogP contribution in [0, 0.1) is 0 Å². The largest absolute Gasteiger partial charge is 0.456 e. The van der Waals surface area contributed by atoms with E-state index in [1.54, 1.807) is 0 Å². The van der Waals surface area contributed by atoms with Gasteiger partial charge in [-0.2, -0.15) is 0 Å². The molecule has 62 heavy (non-hydrogen) atoms. The van der Waals surface area contributed by atoms with Crippen molar-refractivity contribution in [3.05, 3.63) is 218 Å². The van der Waals surface area contributed by atoms with Crippen LogP contribution in [0.25, 0.3) is 117 Å². The Bertz CT molecular complexity index is 3490. The van der Waals surface area contributed by atoms with E-state index < -0.39 is 0 Å². The number of rotatable bonds is 7. The van der Waals surface area contributed by atoms with E-state index in [1.807, 2.05) is 12.1 Å². The molecule has 0 fully saturated rings. The number of nitrogens with zero attached hydrogens (tertiary/aromatic N) is 4. The number of fused-ring (bicyclic) bond motifs is 6. The van der Waals surface area contributed by atoms with Crippen LogP contribution < -0.4 is 0 Å². The maximum Gasteiger partial charge on any atom is 0.164 e. The van der Waals surface area contributed by atoms with Crippen molar-refractivity contribution < 1.29 is 4.42 Å². The van der Waals surface area contributed by atoms with Crippen molar-refractivity contribution in [3.63, 3.8) is 0 Å². The molecule has 0 unspecified atom stereocenters. The lowest BCUT2D eigenvalue weighted by atomic mass is 10.0. The first-order valence-corrected chi connectivity index (χ1v) is 20.8. The highest BCUT2D eigenvalue weighted by Crippen LogP contribution is 2.39. The molecule has 12 aromatic rings. The zero-order valence-corrected chi connectivity index (χ0v) is 33.5. The summed E-state index contributed by atoms with van der Waals surface area (Å²) in [4.78, 5) is 15.4. The molecular weight excluding hydrogens is 757 g/mol. The number of benzene rings is 9. The van der Waals surface area contributed by atoms with Crippen LogP contribution in [0.1, 0.15) is 0 Å². The lowest BCUT2D eigenvalue weighted by Gasteiger charge is -2.14. The van der Waals surface area contributed by atoms with Crippen LogP contribution in [-0.2, 0) is 0 Å². The van der Waals surface area contributed by atoms with Gasteiger partial charge in [-0.3, -0.25) is 0 Å². The van der Waals surface area contributed by atoms with E-state index >= 15 is 0 Å². The first-order chi connectivity index (χ1) is 30.7. The monoisotopic (exact) mass is 792 g/mol. The summed E-state index contributed by atoms with van der Waals surface area (Å²) in [5, 5.41) is 4.56. The van der Waals surface area contributed by atoms with Crippen molar-refractivity contribution in [1.82, 2.24) is 19.5 Å². The van der Waals surface area contributed by atoms with Gasteiger partial charge in [0, 0.05) is 43.8 Å². The average molecular weight is 793 g/mol. The molecule has 0 spiro atoms. The van der Waals surface area contributed by atoms with E-state index in [-0.39, 0.29) is 0 Å². The molecule has 0 aliphatic rings. The minimum Gasteiger partial charge on any atom is -0.456 e. The Kier molecular flexibility index (Phi) is 8.42. The van der Waals surface area contributed by atoms with Crippen molar-refractivity contribution in [2.24, 2.45) is 0 Å². The van der Waals surface area contributed by atoms with Crippen molar-refractivity contribution in [3.8, 4) is 73.2 Å². The van der Waals surface area contributed by atoms with Crippen LogP contribution in [0.15, 0.2) is 223 Å². The highest BCUT2D eigenvalue weighted by molar-refractivity contribution is 6.10. The van der Waals surface area contributed by atoms with Crippen LogP contribution in [0.5, 0.6) is 0 Å². The maximum absolute atomic E-state index is 6.61. The first kappa shape index (κ1) is 35.5. The number of hydrogen-bond acceptors (Lipinski definition) is 4. The summed E-state index contributed by atoms with van der Waals surface area (Å²) in [7, 11) is 0. The Balaban J connectivity index is 0.978. The molecule has 0 bridgehead atoms. The lowest BCUT2D eigenvalue weighted by Crippen LogP contribution is -2.00. The molecule has 9 aromatic carbocycles. The highest BCUT2D eigenvalue weighted by atomic mass is 16.3. The summed E-state index contributed by atoms with van der Waals surface area (Å²) in [5.41, 5.74) is 14.5. The van der Waals surface area contributed by atoms with Gasteiger partial charge in [0.2, 0.25) is 0 Å². The van der Waals surface area contributed by atoms with Crippen molar-refractivity contribution in [2.75, 3.05) is 0 Å². The third kappa shape index (κ3) is 6.14. The molecule has 0 N–H and O–H groups in total. The third-order valence-electron chi connectivity index (χ3n) is 11.9. The first-order valence-electron chi connectivity index (χ1n) is 20.8. The Morgan fingerprint density at radius 1 is 0.290 bits per heavy atom. The number of para-hydroxylation sites is 3. The maximum atomic E-state index is 6.61. The molecule has 0 radical (unpaired) electrons. The lowest BCUT2D eigenvalue weighted by molar-refractivity contribution is 0.669. The normalized spacial score (nSPS) is 11.5. The van der Waals surface area contributed by atoms with Crippen molar-refractivity contribution >= 4 is 43.7 Å². The second-order valence-electron chi connectivity index (χ2n) is 15.6. The molecule has 3 heterocycles. The topological polar surface area (TPSA) is 56.7 Å². The summed E-state index contributed by atoms with van der Waals surface area (Å²) in [6.07, 6.45) is 0. The molecule has 0 aliphatic carbocycles. The zero-order chi connectivity index (χ0) is 41.0. The minimum absolute atomic E-state index is 0.573. The van der Waals surface area contributed by atoms with Gasteiger partial charge < -0.3 is 8.98 Å². The van der Waals surface area contributed by atoms with Gasteiger partial charge in [0.1, 0.15) is 11.2 Å². The quantitative estimate of drug-likeness (QED) is 0.161. The van der Waals surface area contributed by atoms with Gasteiger partial charge in [0.25, 0.3) is 0 Å². The molecule has 5 heteroatoms. The molecule has 0 atom stereocenters. The summed E-state index contributed by atoms with van der Waals surface area (Å²) in [6, 6.07) is 76.3. The van der Waals surface area contributed by atoms with E-state index in [0.29, 0.717) is 17.5 Å². The van der Waals surface area contributed by atoms with Gasteiger partial charge in [-0.05, 0) is 82.4 Å². The van der Waals surface area contributed by atoms with Crippen LogP contribution in [-0.4, -0.2) is 19.5 Å². The smallest absolute Gasteiger partial charge is 0.164 e. The average Bonchev–Trinajstić information content (AvgIpc) is 3.89. The standard InChI is InChI=1S/C57H36N4O/c1-3-15-37(16-4-1)39-19-13-21-42(33-39)55-58-56(43-22-14-20-40(34-43)38-17-5-2-6-18-38)60-57(59-55)44-29-31-48-49-35-41(30-32-53(49)62-54(48)36-44)45-23-7-10-26-50(45)61-51-27-11-8-24-46(51)47-25-9-12-28-52(47)61/h1-36H. The molecule has 0 saturated carbocycles. The highest BCUT2D eigenvalue weighted by Gasteiger charge is 2.19. The molecular formula is C57H36N4O. The molecule has 0 aliphatic heterocycles. The number of hydrogen-bond donors (Lipinski definition) is 0. The van der Waals surface area contributed by atoms with Crippen LogP contribution >= 0.6 is 0 Å². The SMILES string of the molecule is c1ccc(-c2cccc(-c3nc(-c4cccc(-c5ccccc5)c4)nc(-c4ccc5c(c4)oc4ccc(-c6ccccc6-n6c7ccccc7c7ccccc76)cc45)n3)c2)cc1. The minimum atomic E-state index is 0.573. The predicted molar refractivity (Wildman–Crippen MR) is 254 cm³/mol. The van der Waals surface area contributed by atoms with Gasteiger partial charge in [0.15, 0.2) is 17.5 Å². The fourth-order valence-corrected chi connectivity index (χ4v) is 8.88. The second kappa shape index (κ2) is 14.7. The van der Waals surface area contributed by atoms with Gasteiger partial charge >= 0.3 is 0 Å². The predicted octanol–water partition coefficient (Wildman–Crippen LogP) is 14.9. The Hall–Kier alpha value is -8.41. The van der Waals surface area contributed by atoms with Gasteiger partial charge in [-0.15, -0.1) is 0 Å². The van der Waals surface area contributed by atoms with Gasteiger partial charge in [-0.1, -0.05) is 164 Å². The Morgan fingerprint density at radius 2 is 0.774 bits per heavy atom. The molecule has 290 valence electrons. The summed E-state index contributed by atoms with van der Waals surface area (Å²) < 4.78 is 8.99. The third-order valence-corrected chi connectivity index (χ3v) is 11.9. The summed E-state index contributed by atoms with van der Waals surface area (Å²) in [5.74, 6) is 1.77. The fourth-order valence-electron chi connectivity index (χ4n) is 8.88. The fraction of sp³-hybridized carbons (Fsp3) is 0. The molecule has 12 rings (SSSR count). The van der Waals surface area contributed by atoms with Crippen LogP contribution in [0.3, 0.4) is 0 Å². The second-order valence-corrected chi connectivity index (χ2v) is 15.6. The van der Waals surface area contributed by atoms with Gasteiger partial charge in [-0.25, -0.2) is 15.0 Å². The van der Waals surface area contributed by atoms with Crippen LogP contribution in [0.2, 0.25) is 0 Å². The molecule has 0 saturated heterocycles. The zero-order valence-electron chi connectivity index (χ0n) is 33.5. The van der Waals surface area contributed by atoms with E-state index in [1.165, 1.54) is 21.8 Å². The summed E-state index contributed by atoms with van der Waals surface area (Å²) in [6.45, 7) is 0. The van der Waals surface area contributed by atoms with Gasteiger partial charge in [0.05, 0.1) is 16.7 Å². The molecule has 3 aromatic heterocycles. The van der Waals surface area contributed by atoms with E-state index in [9.17, 15) is 0 Å². The van der Waals surface area contributed by atoms with E-state index in [4.69, 9.17) is 19.4 Å². The van der Waals surface area contributed by atoms with Crippen LogP contribution in [0.4, 0.5) is 0 Å². The Labute approximate surface area is 357 Å². The van der Waals surface area contributed by atoms with E-state index in [2.05, 4.69) is 211 Å². The van der Waals surface area contributed by atoms with Crippen molar-refractivity contribution in [2.45, 2.75) is 0 Å². The Morgan fingerprint density at radius 3 is 1.39 bits per heavy atom. The number of furan rings is 1. The molecule has 5 nitrogen and oxygen atoms in total. The number of aromatic nitrogens is 4. The van der Waals surface area contributed by atoms with E-state index in [0.717, 1.165) is 77.7 Å². The summed E-state index contributed by atoms with van der Waals surface area (Å²) >= 11 is 0.